The average Bonchev–Trinajstić information content (AvgIpc) is 1.83. The third kappa shape index (κ3) is 5.38. The lowest BCUT2D eigenvalue weighted by atomic mass is 10.3. The van der Waals surface area contributed by atoms with Gasteiger partial charge in [0.1, 0.15) is 0 Å². The first-order chi connectivity index (χ1) is 4.16. The first kappa shape index (κ1) is 8.51. The second-order valence-corrected chi connectivity index (χ2v) is 2.30. The summed E-state index contributed by atoms with van der Waals surface area (Å²) in [7, 11) is 0. The van der Waals surface area contributed by atoms with Crippen LogP contribution in [-0.2, 0) is 0 Å². The molecule has 0 aliphatic heterocycles. The summed E-state index contributed by atoms with van der Waals surface area (Å²) in [6.45, 7) is 7.51. The van der Waals surface area contributed by atoms with Gasteiger partial charge < -0.3 is 0 Å². The van der Waals surface area contributed by atoms with Crippen molar-refractivity contribution in [2.45, 2.75) is 13.8 Å². The summed E-state index contributed by atoms with van der Waals surface area (Å²) in [5.41, 5.74) is 1.19. The van der Waals surface area contributed by atoms with Gasteiger partial charge in [0.05, 0.1) is 0 Å². The Morgan fingerprint density at radius 3 is 2.33 bits per heavy atom. The number of rotatable bonds is 2. The van der Waals surface area contributed by atoms with Gasteiger partial charge in [-0.1, -0.05) is 35.9 Å². The molecule has 0 aliphatic rings. The summed E-state index contributed by atoms with van der Waals surface area (Å²) in [5, 5.41) is 0.566. The maximum atomic E-state index is 5.47. The van der Waals surface area contributed by atoms with Crippen molar-refractivity contribution in [2.24, 2.45) is 0 Å². The second kappa shape index (κ2) is 4.39. The van der Waals surface area contributed by atoms with E-state index >= 15 is 0 Å². The zero-order valence-corrected chi connectivity index (χ0v) is 6.57. The summed E-state index contributed by atoms with van der Waals surface area (Å²) >= 11 is 5.47. The fraction of sp³-hybridized carbons (Fsp3) is 0.250. The van der Waals surface area contributed by atoms with E-state index in [2.05, 4.69) is 6.58 Å². The van der Waals surface area contributed by atoms with Crippen LogP contribution < -0.4 is 0 Å². The van der Waals surface area contributed by atoms with Crippen LogP contribution in [0.1, 0.15) is 13.8 Å². The summed E-state index contributed by atoms with van der Waals surface area (Å²) < 4.78 is 0. The lowest BCUT2D eigenvalue weighted by molar-refractivity contribution is 1.48. The van der Waals surface area contributed by atoms with Crippen molar-refractivity contribution < 1.29 is 0 Å². The molecule has 0 nitrogen and oxygen atoms in total. The van der Waals surface area contributed by atoms with E-state index in [1.807, 2.05) is 26.0 Å². The highest BCUT2D eigenvalue weighted by Crippen LogP contribution is 2.01. The monoisotopic (exact) mass is 142 g/mol. The van der Waals surface area contributed by atoms with E-state index in [-0.39, 0.29) is 0 Å². The number of hydrogen-bond donors (Lipinski definition) is 0. The maximum Gasteiger partial charge on any atom is 0.0334 e. The van der Waals surface area contributed by atoms with Crippen LogP contribution in [0.2, 0.25) is 0 Å². The third-order valence-electron chi connectivity index (χ3n) is 0.982. The van der Waals surface area contributed by atoms with E-state index in [0.717, 1.165) is 0 Å². The molecule has 0 aromatic carbocycles. The van der Waals surface area contributed by atoms with Crippen molar-refractivity contribution in [3.8, 4) is 0 Å². The molecule has 0 aliphatic carbocycles. The van der Waals surface area contributed by atoms with Crippen LogP contribution in [-0.4, -0.2) is 0 Å². The van der Waals surface area contributed by atoms with Crippen molar-refractivity contribution in [2.75, 3.05) is 0 Å². The number of hydrogen-bond acceptors (Lipinski definition) is 0. The van der Waals surface area contributed by atoms with E-state index < -0.39 is 0 Å². The quantitative estimate of drug-likeness (QED) is 0.520. The topological polar surface area (TPSA) is 0 Å². The van der Waals surface area contributed by atoms with Gasteiger partial charge in [-0.05, 0) is 19.9 Å². The largest absolute Gasteiger partial charge is 0.0850 e. The molecule has 0 N–H and O–H groups in total. The number of halogens is 1. The average molecular weight is 143 g/mol. The van der Waals surface area contributed by atoms with Crippen molar-refractivity contribution >= 4 is 11.6 Å². The van der Waals surface area contributed by atoms with E-state index in [1.165, 1.54) is 5.57 Å². The Hall–Kier alpha value is -0.490. The summed E-state index contributed by atoms with van der Waals surface area (Å²) in [6, 6.07) is 0. The van der Waals surface area contributed by atoms with Gasteiger partial charge in [-0.15, -0.1) is 0 Å². The van der Waals surface area contributed by atoms with Crippen molar-refractivity contribution in [1.29, 1.82) is 0 Å². The summed E-state index contributed by atoms with van der Waals surface area (Å²) in [4.78, 5) is 0. The molecule has 0 aromatic rings. The molecule has 0 amide bonds. The molecule has 0 rings (SSSR count). The van der Waals surface area contributed by atoms with E-state index in [9.17, 15) is 0 Å². The van der Waals surface area contributed by atoms with Gasteiger partial charge in [0.15, 0.2) is 0 Å². The molecular formula is C8H11Cl. The molecule has 0 saturated carbocycles. The second-order valence-electron chi connectivity index (χ2n) is 1.81. The van der Waals surface area contributed by atoms with Crippen molar-refractivity contribution in [3.05, 3.63) is 35.4 Å². The van der Waals surface area contributed by atoms with Crippen LogP contribution in [0.5, 0.6) is 0 Å². The Labute approximate surface area is 61.5 Å². The molecule has 1 heteroatoms. The first-order valence-corrected chi connectivity index (χ1v) is 3.20. The molecule has 0 fully saturated rings. The zero-order valence-electron chi connectivity index (χ0n) is 5.82. The fourth-order valence-corrected chi connectivity index (χ4v) is 0.381. The molecular weight excluding hydrogens is 132 g/mol. The minimum absolute atomic E-state index is 0.566. The van der Waals surface area contributed by atoms with Crippen molar-refractivity contribution in [3.63, 3.8) is 0 Å². The van der Waals surface area contributed by atoms with E-state index in [0.29, 0.717) is 5.03 Å². The lowest BCUT2D eigenvalue weighted by Gasteiger charge is -1.85. The molecule has 0 aromatic heterocycles. The highest BCUT2D eigenvalue weighted by molar-refractivity contribution is 6.30. The predicted molar refractivity (Wildman–Crippen MR) is 43.6 cm³/mol. The van der Waals surface area contributed by atoms with Crippen LogP contribution in [0.15, 0.2) is 35.4 Å². The molecule has 50 valence electrons. The highest BCUT2D eigenvalue weighted by Gasteiger charge is 1.77. The Morgan fingerprint density at radius 1 is 1.44 bits per heavy atom. The Balaban J connectivity index is 3.86. The minimum atomic E-state index is 0.566. The van der Waals surface area contributed by atoms with E-state index in [4.69, 9.17) is 11.6 Å². The van der Waals surface area contributed by atoms with Crippen LogP contribution in [0, 0.1) is 0 Å². The Kier molecular flexibility index (Phi) is 4.16. The minimum Gasteiger partial charge on any atom is -0.0850 e. The molecule has 9 heavy (non-hydrogen) atoms. The van der Waals surface area contributed by atoms with Crippen molar-refractivity contribution in [1.82, 2.24) is 0 Å². The Bertz CT molecular complexity index is 152. The van der Waals surface area contributed by atoms with Gasteiger partial charge in [0.25, 0.3) is 0 Å². The van der Waals surface area contributed by atoms with Gasteiger partial charge in [-0.25, -0.2) is 0 Å². The third-order valence-corrected chi connectivity index (χ3v) is 1.11. The highest BCUT2D eigenvalue weighted by atomic mass is 35.5. The van der Waals surface area contributed by atoms with Crippen LogP contribution in [0.3, 0.4) is 0 Å². The molecule has 0 saturated heterocycles. The van der Waals surface area contributed by atoms with E-state index in [1.54, 1.807) is 6.08 Å². The van der Waals surface area contributed by atoms with Gasteiger partial charge >= 0.3 is 0 Å². The molecule has 0 bridgehead atoms. The van der Waals surface area contributed by atoms with Gasteiger partial charge in [0.2, 0.25) is 0 Å². The van der Waals surface area contributed by atoms with Crippen LogP contribution >= 0.6 is 11.6 Å². The molecule has 0 heterocycles. The van der Waals surface area contributed by atoms with Crippen LogP contribution in [0.4, 0.5) is 0 Å². The zero-order chi connectivity index (χ0) is 7.28. The lowest BCUT2D eigenvalue weighted by Crippen LogP contribution is -1.64. The SMILES string of the molecule is C=C(Cl)/C=C\C(C)=C/C. The Morgan fingerprint density at radius 2 is 2.00 bits per heavy atom. The molecule has 0 radical (unpaired) electrons. The standard InChI is InChI=1S/C8H11Cl/c1-4-7(2)5-6-8(3)9/h4-6H,3H2,1-2H3/b6-5-,7-4-. The van der Waals surface area contributed by atoms with Gasteiger partial charge in [-0.3, -0.25) is 0 Å². The summed E-state index contributed by atoms with van der Waals surface area (Å²) in [6.07, 6.45) is 5.71. The summed E-state index contributed by atoms with van der Waals surface area (Å²) in [5.74, 6) is 0. The maximum absolute atomic E-state index is 5.47. The first-order valence-electron chi connectivity index (χ1n) is 2.82. The normalized spacial score (nSPS) is 12.6. The van der Waals surface area contributed by atoms with Crippen LogP contribution in [0.25, 0.3) is 0 Å². The fourth-order valence-electron chi connectivity index (χ4n) is 0.318. The molecule has 0 unspecified atom stereocenters. The molecule has 0 spiro atoms. The smallest absolute Gasteiger partial charge is 0.0334 e. The predicted octanol–water partition coefficient (Wildman–Crippen LogP) is 3.26. The molecule has 0 atom stereocenters. The number of allylic oxidation sites excluding steroid dienone is 5. The van der Waals surface area contributed by atoms with Gasteiger partial charge in [0, 0.05) is 5.03 Å². The van der Waals surface area contributed by atoms with Gasteiger partial charge in [-0.2, -0.15) is 0 Å².